The number of fused-ring (bicyclic) bond motifs is 2. The van der Waals surface area contributed by atoms with Crippen molar-refractivity contribution in [1.29, 1.82) is 0 Å². The number of para-hydroxylation sites is 2. The van der Waals surface area contributed by atoms with Crippen LogP contribution in [0.5, 0.6) is 0 Å². The van der Waals surface area contributed by atoms with Gasteiger partial charge >= 0.3 is 5.82 Å². The van der Waals surface area contributed by atoms with Gasteiger partial charge in [0.1, 0.15) is 5.82 Å². The molecule has 2 aromatic heterocycles. The maximum Gasteiger partial charge on any atom is 0.336 e. The molecule has 1 aromatic carbocycles. The summed E-state index contributed by atoms with van der Waals surface area (Å²) in [4.78, 5) is 46.9. The fourth-order valence-corrected chi connectivity index (χ4v) is 4.95. The summed E-state index contributed by atoms with van der Waals surface area (Å²) in [6.45, 7) is 6.78. The van der Waals surface area contributed by atoms with Crippen LogP contribution >= 0.6 is 0 Å². The van der Waals surface area contributed by atoms with Crippen molar-refractivity contribution in [1.82, 2.24) is 20.2 Å². The minimum Gasteiger partial charge on any atom is -0.370 e. The molecule has 3 heterocycles. The van der Waals surface area contributed by atoms with E-state index in [1.54, 1.807) is 19.2 Å². The second-order valence-electron chi connectivity index (χ2n) is 10.2. The minimum atomic E-state index is -0.504. The average Bonchev–Trinajstić information content (AvgIpc) is 2.93. The molecule has 3 aromatic rings. The topological polar surface area (TPSA) is 125 Å². The van der Waals surface area contributed by atoms with Crippen LogP contribution in [-0.2, 0) is 22.4 Å². The van der Waals surface area contributed by atoms with E-state index in [0.29, 0.717) is 37.4 Å². The van der Waals surface area contributed by atoms with Crippen LogP contribution in [0, 0.1) is 4.91 Å². The Balaban J connectivity index is 1.32. The summed E-state index contributed by atoms with van der Waals surface area (Å²) >= 11 is 0. The number of aryl methyl sites for hydroxylation is 2. The second-order valence-corrected chi connectivity index (χ2v) is 10.2. The molecule has 0 unspecified atom stereocenters. The van der Waals surface area contributed by atoms with E-state index in [1.165, 1.54) is 12.5 Å². The summed E-state index contributed by atoms with van der Waals surface area (Å²) in [5.74, 6) is 1.25. The van der Waals surface area contributed by atoms with Gasteiger partial charge in [-0.1, -0.05) is 23.1 Å². The van der Waals surface area contributed by atoms with Crippen molar-refractivity contribution in [2.75, 3.05) is 43.4 Å². The first kappa shape index (κ1) is 28.2. The molecule has 4 N–H and O–H groups in total. The van der Waals surface area contributed by atoms with Crippen molar-refractivity contribution in [3.63, 3.8) is 0 Å². The number of amides is 1. The molecule has 1 amide bonds. The number of aromatic amines is 1. The smallest absolute Gasteiger partial charge is 0.336 e. The number of rotatable bonds is 14. The Morgan fingerprint density at radius 2 is 1.95 bits per heavy atom. The third kappa shape index (κ3) is 8.10. The summed E-state index contributed by atoms with van der Waals surface area (Å²) in [5.41, 5.74) is 3.63. The predicted octanol–water partition coefficient (Wildman–Crippen LogP) is 3.06. The van der Waals surface area contributed by atoms with Gasteiger partial charge in [-0.05, 0) is 69.3 Å². The molecule has 0 bridgehead atoms. The van der Waals surface area contributed by atoms with Crippen LogP contribution in [0.2, 0.25) is 0 Å². The van der Waals surface area contributed by atoms with Crippen molar-refractivity contribution in [3.8, 4) is 0 Å². The van der Waals surface area contributed by atoms with E-state index in [0.717, 1.165) is 66.6 Å². The number of hydrogen-bond donors (Lipinski definition) is 4. The standard InChI is InChI=1S/C29H39N7O3/c1-21(37)25(34-28-20-32-26-10-3-4-11-27(26)36(28)39)14-18-35(19-16-30-22(2)38)17-6-5-9-24-13-12-23-8-7-15-31-29(23)33-24/h3-4,10-13,20,25,34H,5-9,14-19H2,1-2H3,(H2-,30,31,32,33,38,39)/p+1/t25-/m0/s1. The zero-order valence-electron chi connectivity index (χ0n) is 23.0. The number of nitrogens with zero attached hydrogens (tertiary/aromatic N) is 3. The number of ketones is 1. The molecule has 0 fully saturated rings. The normalized spacial score (nSPS) is 13.5. The van der Waals surface area contributed by atoms with Gasteiger partial charge in [0.15, 0.2) is 11.8 Å². The number of hydrogen-bond acceptors (Lipinski definition) is 7. The molecule has 39 heavy (non-hydrogen) atoms. The summed E-state index contributed by atoms with van der Waals surface area (Å²) in [6.07, 6.45) is 7.27. The fourth-order valence-electron chi connectivity index (χ4n) is 4.95. The van der Waals surface area contributed by atoms with Gasteiger partial charge in [0.2, 0.25) is 11.4 Å². The molecule has 1 atom stereocenters. The first-order chi connectivity index (χ1) is 18.9. The Morgan fingerprint density at radius 1 is 1.10 bits per heavy atom. The zero-order chi connectivity index (χ0) is 27.6. The number of H-pyrrole nitrogens is 1. The van der Waals surface area contributed by atoms with E-state index < -0.39 is 6.04 Å². The van der Waals surface area contributed by atoms with Gasteiger partial charge in [-0.25, -0.2) is 4.98 Å². The van der Waals surface area contributed by atoms with Crippen molar-refractivity contribution in [2.24, 2.45) is 0 Å². The number of benzene rings is 1. The SMILES string of the molecule is CC(=O)NCCN(CCCCc1ccc2c(n1)NCCC2)CC[C@H](Nc1c[nH]c2ccccc2[n+]1=O)C(C)=O. The number of aromatic nitrogens is 3. The second kappa shape index (κ2) is 13.8. The molecule has 10 nitrogen and oxygen atoms in total. The van der Waals surface area contributed by atoms with Gasteiger partial charge in [-0.15, -0.1) is 0 Å². The monoisotopic (exact) mass is 534 g/mol. The maximum atomic E-state index is 12.9. The van der Waals surface area contributed by atoms with E-state index in [1.807, 2.05) is 18.2 Å². The van der Waals surface area contributed by atoms with Crippen LogP contribution in [0.4, 0.5) is 11.6 Å². The Labute approximate surface area is 229 Å². The summed E-state index contributed by atoms with van der Waals surface area (Å²) < 4.78 is 0.820. The van der Waals surface area contributed by atoms with Crippen molar-refractivity contribution in [3.05, 3.63) is 58.8 Å². The summed E-state index contributed by atoms with van der Waals surface area (Å²) in [5, 5.41) is 9.41. The van der Waals surface area contributed by atoms with Crippen LogP contribution in [0.15, 0.2) is 42.6 Å². The van der Waals surface area contributed by atoms with Crippen LogP contribution in [-0.4, -0.2) is 65.3 Å². The van der Waals surface area contributed by atoms with Gasteiger partial charge in [0.25, 0.3) is 0 Å². The highest BCUT2D eigenvalue weighted by Gasteiger charge is 2.23. The van der Waals surface area contributed by atoms with Crippen LogP contribution in [0.1, 0.15) is 50.8 Å². The van der Waals surface area contributed by atoms with Gasteiger partial charge < -0.3 is 20.5 Å². The fraction of sp³-hybridized carbons (Fsp3) is 0.483. The molecule has 1 aliphatic rings. The number of nitrogens with one attached hydrogen (secondary N) is 4. The quantitative estimate of drug-likeness (QED) is 0.185. The lowest BCUT2D eigenvalue weighted by molar-refractivity contribution is -0.448. The van der Waals surface area contributed by atoms with Crippen LogP contribution < -0.4 is 20.4 Å². The molecular weight excluding hydrogens is 494 g/mol. The number of unbranched alkanes of at least 4 members (excludes halogenated alkanes) is 1. The highest BCUT2D eigenvalue weighted by Crippen LogP contribution is 2.20. The summed E-state index contributed by atoms with van der Waals surface area (Å²) in [6, 6.07) is 11.1. The summed E-state index contributed by atoms with van der Waals surface area (Å²) in [7, 11) is 0. The van der Waals surface area contributed by atoms with Gasteiger partial charge in [0.05, 0.1) is 11.7 Å². The van der Waals surface area contributed by atoms with Crippen LogP contribution in [0.25, 0.3) is 11.0 Å². The Hall–Kier alpha value is -3.79. The lowest BCUT2D eigenvalue weighted by Gasteiger charge is -2.24. The number of carbonyl (C=O) groups excluding carboxylic acids is 2. The Morgan fingerprint density at radius 3 is 2.77 bits per heavy atom. The van der Waals surface area contributed by atoms with E-state index in [-0.39, 0.29) is 11.7 Å². The zero-order valence-corrected chi connectivity index (χ0v) is 23.0. The lowest BCUT2D eigenvalue weighted by atomic mass is 10.1. The first-order valence-corrected chi connectivity index (χ1v) is 13.9. The molecule has 0 saturated heterocycles. The van der Waals surface area contributed by atoms with Gasteiger partial charge in [0, 0.05) is 49.6 Å². The number of carbonyl (C=O) groups is 2. The highest BCUT2D eigenvalue weighted by molar-refractivity contribution is 5.84. The van der Waals surface area contributed by atoms with Gasteiger partial charge in [-0.3, -0.25) is 14.9 Å². The molecule has 0 spiro atoms. The minimum absolute atomic E-state index is 0.0305. The average molecular weight is 535 g/mol. The Kier molecular flexibility index (Phi) is 10.0. The predicted molar refractivity (Wildman–Crippen MR) is 153 cm³/mol. The molecule has 0 radical (unpaired) electrons. The van der Waals surface area contributed by atoms with Crippen molar-refractivity contribution in [2.45, 2.75) is 58.4 Å². The molecule has 208 valence electrons. The van der Waals surface area contributed by atoms with E-state index >= 15 is 0 Å². The van der Waals surface area contributed by atoms with Crippen molar-refractivity contribution < 1.29 is 14.0 Å². The lowest BCUT2D eigenvalue weighted by Crippen LogP contribution is -2.39. The highest BCUT2D eigenvalue weighted by atomic mass is 16.3. The maximum absolute atomic E-state index is 12.9. The molecule has 1 aliphatic heterocycles. The molecule has 0 aliphatic carbocycles. The largest absolute Gasteiger partial charge is 0.370 e. The van der Waals surface area contributed by atoms with E-state index in [9.17, 15) is 14.5 Å². The van der Waals surface area contributed by atoms with E-state index in [2.05, 4.69) is 38.0 Å². The van der Waals surface area contributed by atoms with E-state index in [4.69, 9.17) is 4.98 Å². The molecule has 10 heteroatoms. The molecular formula is C29H40N7O3+. The van der Waals surface area contributed by atoms with Gasteiger partial charge in [-0.2, -0.15) is 0 Å². The van der Waals surface area contributed by atoms with Crippen LogP contribution in [0.3, 0.4) is 0 Å². The third-order valence-electron chi connectivity index (χ3n) is 7.16. The number of Topliss-reactive ketones (excluding diaryl/α,β-unsaturated/α-hetero) is 1. The molecule has 0 saturated carbocycles. The first-order valence-electron chi connectivity index (χ1n) is 13.9. The van der Waals surface area contributed by atoms with Crippen molar-refractivity contribution >= 4 is 34.4 Å². The Bertz CT molecular complexity index is 1340. The third-order valence-corrected chi connectivity index (χ3v) is 7.16. The number of pyridine rings is 1. The molecule has 4 rings (SSSR count). The number of anilines is 2.